The predicted octanol–water partition coefficient (Wildman–Crippen LogP) is 1.64. The first kappa shape index (κ1) is 8.79. The summed E-state index contributed by atoms with van der Waals surface area (Å²) in [6.45, 7) is -1.05. The average Bonchev–Trinajstić information content (AvgIpc) is 2.70. The minimum absolute atomic E-state index is 0.141. The Morgan fingerprint density at radius 3 is 2.71 bits per heavy atom. The second-order valence-electron chi connectivity index (χ2n) is 2.58. The molecule has 0 aliphatic heterocycles. The molecule has 0 saturated carbocycles. The topological polar surface area (TPSA) is 56.7 Å². The zero-order chi connectivity index (χ0) is 10.1. The van der Waals surface area contributed by atoms with E-state index in [1.807, 2.05) is 0 Å². The molecule has 0 bridgehead atoms. The highest BCUT2D eigenvalue weighted by atomic mass is 19.3. The standard InChI is InChI=1S/C7H6F2N4O/c1-4-10-11-6(14-4)5-2-3-13(12-5)7(8)9/h2-3,7H,1H3. The van der Waals surface area contributed by atoms with Crippen LogP contribution in [-0.2, 0) is 0 Å². The van der Waals surface area contributed by atoms with Crippen molar-refractivity contribution in [2.24, 2.45) is 0 Å². The lowest BCUT2D eigenvalue weighted by atomic mass is 10.4. The Labute approximate surface area is 77.4 Å². The summed E-state index contributed by atoms with van der Waals surface area (Å²) in [5.41, 5.74) is 0.242. The first-order chi connectivity index (χ1) is 6.66. The summed E-state index contributed by atoms with van der Waals surface area (Å²) in [5, 5.41) is 10.8. The molecular weight excluding hydrogens is 194 g/mol. The molecule has 0 radical (unpaired) electrons. The van der Waals surface area contributed by atoms with Crippen molar-refractivity contribution in [3.8, 4) is 11.6 Å². The van der Waals surface area contributed by atoms with Gasteiger partial charge in [0.1, 0.15) is 5.69 Å². The molecule has 5 nitrogen and oxygen atoms in total. The van der Waals surface area contributed by atoms with E-state index in [9.17, 15) is 8.78 Å². The lowest BCUT2D eigenvalue weighted by Gasteiger charge is -1.95. The molecule has 2 aromatic rings. The molecule has 0 atom stereocenters. The van der Waals surface area contributed by atoms with Crippen LogP contribution in [0.25, 0.3) is 11.6 Å². The first-order valence-corrected chi connectivity index (χ1v) is 3.80. The van der Waals surface area contributed by atoms with Gasteiger partial charge in [0.25, 0.3) is 5.89 Å². The molecule has 14 heavy (non-hydrogen) atoms. The number of aryl methyl sites for hydroxylation is 1. The van der Waals surface area contributed by atoms with Crippen molar-refractivity contribution in [2.45, 2.75) is 13.5 Å². The lowest BCUT2D eigenvalue weighted by molar-refractivity contribution is 0.0568. The van der Waals surface area contributed by atoms with Crippen molar-refractivity contribution >= 4 is 0 Å². The molecule has 0 amide bonds. The SMILES string of the molecule is Cc1nnc(-c2ccn(C(F)F)n2)o1. The van der Waals surface area contributed by atoms with E-state index < -0.39 is 6.55 Å². The Kier molecular flexibility index (Phi) is 1.99. The summed E-state index contributed by atoms with van der Waals surface area (Å²) >= 11 is 0. The van der Waals surface area contributed by atoms with Gasteiger partial charge in [0.2, 0.25) is 5.89 Å². The van der Waals surface area contributed by atoms with Gasteiger partial charge in [0.15, 0.2) is 0 Å². The van der Waals surface area contributed by atoms with Gasteiger partial charge in [-0.1, -0.05) is 0 Å². The van der Waals surface area contributed by atoms with Gasteiger partial charge >= 0.3 is 6.55 Å². The minimum atomic E-state index is -2.66. The smallest absolute Gasteiger partial charge is 0.333 e. The third-order valence-corrected chi connectivity index (χ3v) is 1.55. The Balaban J connectivity index is 2.33. The van der Waals surface area contributed by atoms with Crippen molar-refractivity contribution in [1.82, 2.24) is 20.0 Å². The van der Waals surface area contributed by atoms with Crippen LogP contribution in [-0.4, -0.2) is 20.0 Å². The lowest BCUT2D eigenvalue weighted by Crippen LogP contribution is -1.98. The van der Waals surface area contributed by atoms with Gasteiger partial charge in [-0.15, -0.1) is 10.2 Å². The quantitative estimate of drug-likeness (QED) is 0.739. The molecule has 7 heteroatoms. The third kappa shape index (κ3) is 1.48. The van der Waals surface area contributed by atoms with Crippen molar-refractivity contribution in [1.29, 1.82) is 0 Å². The van der Waals surface area contributed by atoms with E-state index in [4.69, 9.17) is 4.42 Å². The number of hydrogen-bond donors (Lipinski definition) is 0. The van der Waals surface area contributed by atoms with Gasteiger partial charge in [0.05, 0.1) is 0 Å². The fraction of sp³-hybridized carbons (Fsp3) is 0.286. The fourth-order valence-corrected chi connectivity index (χ4v) is 0.961. The van der Waals surface area contributed by atoms with E-state index in [1.165, 1.54) is 6.07 Å². The Morgan fingerprint density at radius 2 is 2.21 bits per heavy atom. The normalized spacial score (nSPS) is 11.1. The summed E-state index contributed by atoms with van der Waals surface area (Å²) in [6, 6.07) is 1.39. The van der Waals surface area contributed by atoms with E-state index >= 15 is 0 Å². The molecule has 0 spiro atoms. The number of halogens is 2. The molecule has 0 aliphatic rings. The molecule has 0 unspecified atom stereocenters. The van der Waals surface area contributed by atoms with Crippen molar-refractivity contribution in [2.75, 3.05) is 0 Å². The maximum absolute atomic E-state index is 12.1. The second-order valence-corrected chi connectivity index (χ2v) is 2.58. The molecule has 0 fully saturated rings. The number of rotatable bonds is 2. The van der Waals surface area contributed by atoms with E-state index in [1.54, 1.807) is 6.92 Å². The van der Waals surface area contributed by atoms with Crippen molar-refractivity contribution < 1.29 is 13.2 Å². The Bertz CT molecular complexity index is 436. The Hall–Kier alpha value is -1.79. The van der Waals surface area contributed by atoms with Crippen LogP contribution < -0.4 is 0 Å². The summed E-state index contributed by atoms with van der Waals surface area (Å²) in [7, 11) is 0. The summed E-state index contributed by atoms with van der Waals surface area (Å²) in [4.78, 5) is 0. The minimum Gasteiger partial charge on any atom is -0.420 e. The van der Waals surface area contributed by atoms with E-state index in [-0.39, 0.29) is 11.6 Å². The van der Waals surface area contributed by atoms with Crippen molar-refractivity contribution in [3.05, 3.63) is 18.2 Å². The highest BCUT2D eigenvalue weighted by molar-refractivity contribution is 5.44. The summed E-state index contributed by atoms with van der Waals surface area (Å²) < 4.78 is 29.8. The molecule has 0 saturated heterocycles. The zero-order valence-electron chi connectivity index (χ0n) is 7.19. The monoisotopic (exact) mass is 200 g/mol. The van der Waals surface area contributed by atoms with Gasteiger partial charge in [-0.3, -0.25) is 0 Å². The summed E-state index contributed by atoms with van der Waals surface area (Å²) in [5.74, 6) is 0.508. The van der Waals surface area contributed by atoms with Gasteiger partial charge in [-0.05, 0) is 6.07 Å². The van der Waals surface area contributed by atoms with Gasteiger partial charge in [-0.2, -0.15) is 13.9 Å². The van der Waals surface area contributed by atoms with Crippen LogP contribution >= 0.6 is 0 Å². The van der Waals surface area contributed by atoms with Crippen LogP contribution in [0.1, 0.15) is 12.4 Å². The average molecular weight is 200 g/mol. The van der Waals surface area contributed by atoms with Gasteiger partial charge in [0, 0.05) is 13.1 Å². The fourth-order valence-electron chi connectivity index (χ4n) is 0.961. The second kappa shape index (κ2) is 3.17. The highest BCUT2D eigenvalue weighted by Crippen LogP contribution is 2.17. The maximum atomic E-state index is 12.1. The van der Waals surface area contributed by atoms with Crippen LogP contribution in [0.4, 0.5) is 8.78 Å². The molecule has 0 aromatic carbocycles. The number of aromatic nitrogens is 4. The Morgan fingerprint density at radius 1 is 1.43 bits per heavy atom. The number of nitrogens with zero attached hydrogens (tertiary/aromatic N) is 4. The van der Waals surface area contributed by atoms with Gasteiger partial charge < -0.3 is 4.42 Å². The molecule has 74 valence electrons. The van der Waals surface area contributed by atoms with E-state index in [0.29, 0.717) is 10.6 Å². The van der Waals surface area contributed by atoms with Gasteiger partial charge in [-0.25, -0.2) is 4.68 Å². The molecule has 2 aromatic heterocycles. The van der Waals surface area contributed by atoms with E-state index in [0.717, 1.165) is 6.20 Å². The van der Waals surface area contributed by atoms with Crippen LogP contribution in [0, 0.1) is 6.92 Å². The van der Waals surface area contributed by atoms with Crippen molar-refractivity contribution in [3.63, 3.8) is 0 Å². The van der Waals surface area contributed by atoms with Crippen LogP contribution in [0.15, 0.2) is 16.7 Å². The summed E-state index contributed by atoms with van der Waals surface area (Å²) in [6.07, 6.45) is 1.15. The highest BCUT2D eigenvalue weighted by Gasteiger charge is 2.12. The molecule has 0 aliphatic carbocycles. The zero-order valence-corrected chi connectivity index (χ0v) is 7.19. The molecule has 0 N–H and O–H groups in total. The first-order valence-electron chi connectivity index (χ1n) is 3.80. The van der Waals surface area contributed by atoms with Crippen LogP contribution in [0.2, 0.25) is 0 Å². The molecular formula is C7H6F2N4O. The van der Waals surface area contributed by atoms with E-state index in [2.05, 4.69) is 15.3 Å². The third-order valence-electron chi connectivity index (χ3n) is 1.55. The van der Waals surface area contributed by atoms with Crippen LogP contribution in [0.3, 0.4) is 0 Å². The molecule has 2 rings (SSSR count). The van der Waals surface area contributed by atoms with Crippen LogP contribution in [0.5, 0.6) is 0 Å². The number of alkyl halides is 2. The molecule has 2 heterocycles. The maximum Gasteiger partial charge on any atom is 0.333 e. The largest absolute Gasteiger partial charge is 0.420 e. The predicted molar refractivity (Wildman–Crippen MR) is 41.5 cm³/mol. The number of hydrogen-bond acceptors (Lipinski definition) is 4.